The first-order valence-electron chi connectivity index (χ1n) is 7.22. The van der Waals surface area contributed by atoms with Crippen LogP contribution in [0.1, 0.15) is 22.3 Å². The Morgan fingerprint density at radius 1 is 1.00 bits per heavy atom. The van der Waals surface area contributed by atoms with Crippen LogP contribution in [0.25, 0.3) is 0 Å². The molecule has 0 unspecified atom stereocenters. The summed E-state index contributed by atoms with van der Waals surface area (Å²) in [5.41, 5.74) is 10.6. The van der Waals surface area contributed by atoms with Gasteiger partial charge in [0.15, 0.2) is 0 Å². The molecular formula is C18H24N2O. The fraction of sp³-hybridized carbons (Fsp3) is 0.333. The van der Waals surface area contributed by atoms with Crippen LogP contribution in [-0.2, 0) is 19.6 Å². The maximum atomic E-state index is 5.72. The number of hydrogen-bond acceptors (Lipinski definition) is 3. The molecule has 0 aromatic heterocycles. The minimum Gasteiger partial charge on any atom is -0.496 e. The van der Waals surface area contributed by atoms with E-state index in [0.29, 0.717) is 6.54 Å². The highest BCUT2D eigenvalue weighted by atomic mass is 16.5. The van der Waals surface area contributed by atoms with Crippen molar-refractivity contribution in [1.29, 1.82) is 0 Å². The highest BCUT2D eigenvalue weighted by Gasteiger charge is 2.08. The van der Waals surface area contributed by atoms with Crippen molar-refractivity contribution in [2.45, 2.75) is 26.6 Å². The Hall–Kier alpha value is -1.84. The van der Waals surface area contributed by atoms with Crippen LogP contribution in [-0.4, -0.2) is 19.1 Å². The molecule has 0 spiro atoms. The van der Waals surface area contributed by atoms with E-state index < -0.39 is 0 Å². The van der Waals surface area contributed by atoms with Gasteiger partial charge in [0.2, 0.25) is 0 Å². The van der Waals surface area contributed by atoms with Gasteiger partial charge < -0.3 is 10.5 Å². The van der Waals surface area contributed by atoms with Gasteiger partial charge in [0.05, 0.1) is 7.11 Å². The summed E-state index contributed by atoms with van der Waals surface area (Å²) >= 11 is 0. The molecule has 3 nitrogen and oxygen atoms in total. The van der Waals surface area contributed by atoms with Gasteiger partial charge >= 0.3 is 0 Å². The van der Waals surface area contributed by atoms with E-state index in [9.17, 15) is 0 Å². The first kappa shape index (κ1) is 15.5. The third kappa shape index (κ3) is 4.31. The molecule has 0 amide bonds. The van der Waals surface area contributed by atoms with Gasteiger partial charge in [0, 0.05) is 25.2 Å². The lowest BCUT2D eigenvalue weighted by Crippen LogP contribution is -2.18. The first-order valence-corrected chi connectivity index (χ1v) is 7.22. The topological polar surface area (TPSA) is 38.5 Å². The van der Waals surface area contributed by atoms with Crippen molar-refractivity contribution in [3.8, 4) is 5.75 Å². The molecule has 0 aliphatic heterocycles. The van der Waals surface area contributed by atoms with Crippen LogP contribution in [0.15, 0.2) is 42.5 Å². The van der Waals surface area contributed by atoms with Crippen LogP contribution in [0.2, 0.25) is 0 Å². The average Bonchev–Trinajstić information content (AvgIpc) is 2.49. The van der Waals surface area contributed by atoms with Gasteiger partial charge in [-0.1, -0.05) is 35.9 Å². The van der Waals surface area contributed by atoms with E-state index in [0.717, 1.165) is 24.4 Å². The van der Waals surface area contributed by atoms with E-state index in [-0.39, 0.29) is 0 Å². The largest absolute Gasteiger partial charge is 0.496 e. The molecule has 21 heavy (non-hydrogen) atoms. The van der Waals surface area contributed by atoms with Gasteiger partial charge in [-0.15, -0.1) is 0 Å². The molecule has 0 radical (unpaired) electrons. The SMILES string of the molecule is COc1ccc(CN)cc1CN(C)Cc1ccc(C)cc1. The van der Waals surface area contributed by atoms with E-state index in [1.807, 2.05) is 12.1 Å². The lowest BCUT2D eigenvalue weighted by atomic mass is 10.1. The predicted molar refractivity (Wildman–Crippen MR) is 87.2 cm³/mol. The smallest absolute Gasteiger partial charge is 0.123 e. The number of ether oxygens (including phenoxy) is 1. The van der Waals surface area contributed by atoms with Crippen molar-refractivity contribution in [3.63, 3.8) is 0 Å². The second-order valence-electron chi connectivity index (χ2n) is 5.51. The standard InChI is InChI=1S/C18H24N2O/c1-14-4-6-15(7-5-14)12-20(2)13-17-10-16(11-19)8-9-18(17)21-3/h4-10H,11-13,19H2,1-3H3. The molecule has 2 aromatic carbocycles. The zero-order valence-corrected chi connectivity index (χ0v) is 13.1. The predicted octanol–water partition coefficient (Wildman–Crippen LogP) is 3.09. The molecule has 0 fully saturated rings. The Kier molecular flexibility index (Phi) is 5.37. The molecule has 0 saturated heterocycles. The van der Waals surface area contributed by atoms with Gasteiger partial charge in [-0.05, 0) is 37.2 Å². The number of methoxy groups -OCH3 is 1. The highest BCUT2D eigenvalue weighted by Crippen LogP contribution is 2.22. The van der Waals surface area contributed by atoms with Crippen molar-refractivity contribution in [2.24, 2.45) is 5.73 Å². The zero-order valence-electron chi connectivity index (χ0n) is 13.1. The van der Waals surface area contributed by atoms with Gasteiger partial charge in [-0.3, -0.25) is 4.90 Å². The summed E-state index contributed by atoms with van der Waals surface area (Å²) in [4.78, 5) is 2.28. The van der Waals surface area contributed by atoms with E-state index >= 15 is 0 Å². The number of nitrogens with two attached hydrogens (primary N) is 1. The van der Waals surface area contributed by atoms with Crippen LogP contribution in [0.4, 0.5) is 0 Å². The van der Waals surface area contributed by atoms with Crippen molar-refractivity contribution in [1.82, 2.24) is 4.90 Å². The molecule has 112 valence electrons. The lowest BCUT2D eigenvalue weighted by Gasteiger charge is -2.19. The van der Waals surface area contributed by atoms with Crippen LogP contribution in [0, 0.1) is 6.92 Å². The molecule has 3 heteroatoms. The monoisotopic (exact) mass is 284 g/mol. The van der Waals surface area contributed by atoms with E-state index in [1.165, 1.54) is 16.7 Å². The Labute approximate surface area is 127 Å². The average molecular weight is 284 g/mol. The molecule has 0 aliphatic rings. The molecule has 0 heterocycles. The number of nitrogens with zero attached hydrogens (tertiary/aromatic N) is 1. The summed E-state index contributed by atoms with van der Waals surface area (Å²) in [5, 5.41) is 0. The fourth-order valence-corrected chi connectivity index (χ4v) is 2.43. The van der Waals surface area contributed by atoms with Gasteiger partial charge in [0.25, 0.3) is 0 Å². The Morgan fingerprint density at radius 2 is 1.67 bits per heavy atom. The minimum absolute atomic E-state index is 0.554. The summed E-state index contributed by atoms with van der Waals surface area (Å²) in [6.07, 6.45) is 0. The molecule has 0 atom stereocenters. The first-order chi connectivity index (χ1) is 10.1. The van der Waals surface area contributed by atoms with Gasteiger partial charge in [-0.25, -0.2) is 0 Å². The molecular weight excluding hydrogens is 260 g/mol. The van der Waals surface area contributed by atoms with E-state index in [4.69, 9.17) is 10.5 Å². The van der Waals surface area contributed by atoms with Crippen molar-refractivity contribution in [2.75, 3.05) is 14.2 Å². The molecule has 2 rings (SSSR count). The van der Waals surface area contributed by atoms with E-state index in [2.05, 4.69) is 49.2 Å². The van der Waals surface area contributed by atoms with Crippen molar-refractivity contribution >= 4 is 0 Å². The van der Waals surface area contributed by atoms with Crippen LogP contribution in [0.5, 0.6) is 5.75 Å². The van der Waals surface area contributed by atoms with Gasteiger partial charge in [0.1, 0.15) is 5.75 Å². The molecule has 0 saturated carbocycles. The molecule has 0 aliphatic carbocycles. The minimum atomic E-state index is 0.554. The summed E-state index contributed by atoms with van der Waals surface area (Å²) in [5.74, 6) is 0.919. The van der Waals surface area contributed by atoms with Crippen molar-refractivity contribution in [3.05, 3.63) is 64.7 Å². The van der Waals surface area contributed by atoms with Crippen LogP contribution < -0.4 is 10.5 Å². The van der Waals surface area contributed by atoms with Gasteiger partial charge in [-0.2, -0.15) is 0 Å². The quantitative estimate of drug-likeness (QED) is 0.886. The Morgan fingerprint density at radius 3 is 2.29 bits per heavy atom. The molecule has 0 bridgehead atoms. The summed E-state index contributed by atoms with van der Waals surface area (Å²) in [6, 6.07) is 14.8. The second-order valence-corrected chi connectivity index (χ2v) is 5.51. The maximum absolute atomic E-state index is 5.72. The lowest BCUT2D eigenvalue weighted by molar-refractivity contribution is 0.310. The number of aryl methyl sites for hydroxylation is 1. The van der Waals surface area contributed by atoms with E-state index in [1.54, 1.807) is 7.11 Å². The highest BCUT2D eigenvalue weighted by molar-refractivity contribution is 5.37. The second kappa shape index (κ2) is 7.25. The normalized spacial score (nSPS) is 10.9. The number of benzene rings is 2. The molecule has 2 N–H and O–H groups in total. The maximum Gasteiger partial charge on any atom is 0.123 e. The zero-order chi connectivity index (χ0) is 15.2. The third-order valence-corrected chi connectivity index (χ3v) is 3.59. The number of rotatable bonds is 6. The summed E-state index contributed by atoms with van der Waals surface area (Å²) in [7, 11) is 3.83. The van der Waals surface area contributed by atoms with Crippen LogP contribution in [0.3, 0.4) is 0 Å². The Bertz CT molecular complexity index is 578. The summed E-state index contributed by atoms with van der Waals surface area (Å²) < 4.78 is 5.44. The Balaban J connectivity index is 2.07. The number of hydrogen-bond donors (Lipinski definition) is 1. The third-order valence-electron chi connectivity index (χ3n) is 3.59. The fourth-order valence-electron chi connectivity index (χ4n) is 2.43. The van der Waals surface area contributed by atoms with Crippen LogP contribution >= 0.6 is 0 Å². The molecule has 2 aromatic rings. The summed E-state index contributed by atoms with van der Waals surface area (Å²) in [6.45, 7) is 4.41. The van der Waals surface area contributed by atoms with Crippen molar-refractivity contribution < 1.29 is 4.74 Å².